The van der Waals surface area contributed by atoms with Crippen LogP contribution in [0.4, 0.5) is 0 Å². The zero-order valence-electron chi connectivity index (χ0n) is 22.0. The van der Waals surface area contributed by atoms with E-state index in [2.05, 4.69) is 35.2 Å². The molecule has 8 nitrogen and oxygen atoms in total. The maximum Gasteiger partial charge on any atom is 0.250 e. The van der Waals surface area contributed by atoms with Crippen molar-refractivity contribution in [1.82, 2.24) is 15.3 Å². The molecule has 1 amide bonds. The molecule has 8 heteroatoms. The molecule has 2 aromatic heterocycles. The maximum atomic E-state index is 11.2. The predicted molar refractivity (Wildman–Crippen MR) is 152 cm³/mol. The standard InChI is InChI=1S/C31H32N4O4/c1-31(2,16-20-10-13-23(14-11-20)39-28-15-12-21(17-33-28)30(32)37)34-18-22(36)19-38-27-9-5-8-26-29(27)24-6-3-4-7-25(24)35-26/h3-15,17,22,34-36H,16,18-19H2,1-2H3,(H2,32,37). The Morgan fingerprint density at radius 1 is 1.03 bits per heavy atom. The molecule has 5 aromatic rings. The van der Waals surface area contributed by atoms with E-state index in [1.807, 2.05) is 60.7 Å². The zero-order valence-corrected chi connectivity index (χ0v) is 22.0. The number of aromatic nitrogens is 2. The van der Waals surface area contributed by atoms with Crippen LogP contribution < -0.4 is 20.5 Å². The number of amides is 1. The lowest BCUT2D eigenvalue weighted by molar-refractivity contribution is 0.0995. The number of primary amides is 1. The molecule has 1 unspecified atom stereocenters. The number of carbonyl (C=O) groups is 1. The highest BCUT2D eigenvalue weighted by atomic mass is 16.5. The third-order valence-electron chi connectivity index (χ3n) is 6.55. The van der Waals surface area contributed by atoms with Crippen molar-refractivity contribution in [3.63, 3.8) is 0 Å². The Morgan fingerprint density at radius 3 is 2.54 bits per heavy atom. The second kappa shape index (κ2) is 11.1. The Bertz CT molecular complexity index is 1580. The van der Waals surface area contributed by atoms with Crippen molar-refractivity contribution in [2.24, 2.45) is 5.73 Å². The van der Waals surface area contributed by atoms with Gasteiger partial charge in [-0.25, -0.2) is 4.98 Å². The molecule has 0 bridgehead atoms. The number of benzene rings is 3. The normalized spacial score (nSPS) is 12.5. The third kappa shape index (κ3) is 6.37. The number of nitrogens with zero attached hydrogens (tertiary/aromatic N) is 1. The van der Waals surface area contributed by atoms with Crippen molar-refractivity contribution in [1.29, 1.82) is 0 Å². The molecule has 3 aromatic carbocycles. The largest absolute Gasteiger partial charge is 0.490 e. The van der Waals surface area contributed by atoms with Gasteiger partial charge in [0.15, 0.2) is 0 Å². The molecule has 2 heterocycles. The number of β-amino-alcohol motifs (C(OH)–C–C–N with tert-alkyl or cyclic N) is 1. The molecule has 39 heavy (non-hydrogen) atoms. The summed E-state index contributed by atoms with van der Waals surface area (Å²) in [5, 5.41) is 16.2. The summed E-state index contributed by atoms with van der Waals surface area (Å²) < 4.78 is 11.8. The van der Waals surface area contributed by atoms with Crippen LogP contribution >= 0.6 is 0 Å². The molecular weight excluding hydrogens is 492 g/mol. The number of hydrogen-bond acceptors (Lipinski definition) is 6. The third-order valence-corrected chi connectivity index (χ3v) is 6.55. The summed E-state index contributed by atoms with van der Waals surface area (Å²) >= 11 is 0. The van der Waals surface area contributed by atoms with Gasteiger partial charge >= 0.3 is 0 Å². The lowest BCUT2D eigenvalue weighted by Gasteiger charge is -2.28. The van der Waals surface area contributed by atoms with Crippen LogP contribution in [-0.2, 0) is 6.42 Å². The minimum atomic E-state index is -0.672. The number of hydrogen-bond donors (Lipinski definition) is 4. The lowest BCUT2D eigenvalue weighted by atomic mass is 9.94. The van der Waals surface area contributed by atoms with E-state index in [1.165, 1.54) is 6.20 Å². The number of pyridine rings is 1. The molecule has 0 fully saturated rings. The van der Waals surface area contributed by atoms with Gasteiger partial charge in [-0.3, -0.25) is 4.79 Å². The second-order valence-electron chi connectivity index (χ2n) is 10.3. The van der Waals surface area contributed by atoms with Gasteiger partial charge in [0.25, 0.3) is 0 Å². The summed E-state index contributed by atoms with van der Waals surface area (Å²) in [5.41, 5.74) is 8.50. The van der Waals surface area contributed by atoms with Gasteiger partial charge in [0.2, 0.25) is 11.8 Å². The Morgan fingerprint density at radius 2 is 1.79 bits per heavy atom. The molecule has 200 valence electrons. The van der Waals surface area contributed by atoms with Crippen LogP contribution in [0.25, 0.3) is 21.8 Å². The number of rotatable bonds is 11. The molecule has 0 aliphatic heterocycles. The van der Waals surface area contributed by atoms with Crippen molar-refractivity contribution in [3.8, 4) is 17.4 Å². The number of fused-ring (bicyclic) bond motifs is 3. The number of aliphatic hydroxyl groups is 1. The fourth-order valence-electron chi connectivity index (χ4n) is 4.58. The van der Waals surface area contributed by atoms with Gasteiger partial charge in [0.05, 0.1) is 11.1 Å². The first-order valence-electron chi connectivity index (χ1n) is 12.9. The van der Waals surface area contributed by atoms with Gasteiger partial charge < -0.3 is 30.6 Å². The van der Waals surface area contributed by atoms with Gasteiger partial charge in [-0.1, -0.05) is 36.4 Å². The van der Waals surface area contributed by atoms with Crippen LogP contribution in [0.15, 0.2) is 85.1 Å². The van der Waals surface area contributed by atoms with Gasteiger partial charge in [0, 0.05) is 40.6 Å². The molecular formula is C31H32N4O4. The molecule has 0 saturated heterocycles. The van der Waals surface area contributed by atoms with Gasteiger partial charge in [-0.2, -0.15) is 0 Å². The molecule has 0 radical (unpaired) electrons. The smallest absolute Gasteiger partial charge is 0.250 e. The highest BCUT2D eigenvalue weighted by molar-refractivity contribution is 6.10. The Kier molecular flexibility index (Phi) is 7.49. The van der Waals surface area contributed by atoms with E-state index in [0.717, 1.165) is 39.5 Å². The molecule has 5 rings (SSSR count). The highest BCUT2D eigenvalue weighted by Gasteiger charge is 2.20. The molecule has 0 aliphatic carbocycles. The summed E-state index contributed by atoms with van der Waals surface area (Å²) in [6.45, 7) is 4.77. The number of carbonyl (C=O) groups excluding carboxylic acids is 1. The monoisotopic (exact) mass is 524 g/mol. The number of ether oxygens (including phenoxy) is 2. The Balaban J connectivity index is 1.13. The van der Waals surface area contributed by atoms with Crippen molar-refractivity contribution in [2.75, 3.05) is 13.2 Å². The number of aliphatic hydroxyl groups excluding tert-OH is 1. The summed E-state index contributed by atoms with van der Waals surface area (Å²) in [6.07, 6.45) is 1.47. The SMILES string of the molecule is CC(C)(Cc1ccc(Oc2ccc(C(N)=O)cn2)cc1)NCC(O)COc1cccc2[nH]c3ccccc3c12. The molecule has 0 spiro atoms. The van der Waals surface area contributed by atoms with Crippen molar-refractivity contribution in [3.05, 3.63) is 96.2 Å². The predicted octanol–water partition coefficient (Wildman–Crippen LogP) is 4.96. The first kappa shape index (κ1) is 26.2. The molecule has 5 N–H and O–H groups in total. The van der Waals surface area contributed by atoms with Gasteiger partial charge in [-0.15, -0.1) is 0 Å². The van der Waals surface area contributed by atoms with Crippen LogP contribution in [0, 0.1) is 0 Å². The minimum Gasteiger partial charge on any atom is -0.490 e. The van der Waals surface area contributed by atoms with Crippen molar-refractivity contribution >= 4 is 27.7 Å². The van der Waals surface area contributed by atoms with E-state index in [1.54, 1.807) is 12.1 Å². The van der Waals surface area contributed by atoms with E-state index in [4.69, 9.17) is 15.2 Å². The van der Waals surface area contributed by atoms with E-state index in [9.17, 15) is 9.90 Å². The van der Waals surface area contributed by atoms with E-state index in [-0.39, 0.29) is 12.1 Å². The quantitative estimate of drug-likeness (QED) is 0.194. The Hall–Kier alpha value is -4.40. The van der Waals surface area contributed by atoms with Crippen LogP contribution in [0.3, 0.4) is 0 Å². The first-order valence-corrected chi connectivity index (χ1v) is 12.9. The minimum absolute atomic E-state index is 0.183. The fourth-order valence-corrected chi connectivity index (χ4v) is 4.58. The van der Waals surface area contributed by atoms with Crippen LogP contribution in [-0.4, -0.2) is 45.8 Å². The molecule has 0 saturated carbocycles. The summed E-state index contributed by atoms with van der Waals surface area (Å²) in [5.74, 6) is 1.25. The van der Waals surface area contributed by atoms with Crippen LogP contribution in [0.1, 0.15) is 29.8 Å². The lowest BCUT2D eigenvalue weighted by Crippen LogP contribution is -2.46. The second-order valence-corrected chi connectivity index (χ2v) is 10.3. The number of nitrogens with two attached hydrogens (primary N) is 1. The zero-order chi connectivity index (χ0) is 27.4. The average molecular weight is 525 g/mol. The first-order chi connectivity index (χ1) is 18.8. The number of aromatic amines is 1. The molecule has 0 aliphatic rings. The average Bonchev–Trinajstić information content (AvgIpc) is 3.31. The Labute approximate surface area is 226 Å². The maximum absolute atomic E-state index is 11.2. The molecule has 1 atom stereocenters. The number of para-hydroxylation sites is 1. The van der Waals surface area contributed by atoms with E-state index >= 15 is 0 Å². The van der Waals surface area contributed by atoms with Crippen LogP contribution in [0.5, 0.6) is 17.4 Å². The van der Waals surface area contributed by atoms with E-state index < -0.39 is 12.0 Å². The summed E-state index contributed by atoms with van der Waals surface area (Å²) in [6, 6.07) is 25.0. The fraction of sp³-hybridized carbons (Fsp3) is 0.226. The number of H-pyrrole nitrogens is 1. The van der Waals surface area contributed by atoms with Crippen molar-refractivity contribution in [2.45, 2.75) is 31.9 Å². The van der Waals surface area contributed by atoms with Gasteiger partial charge in [-0.05, 0) is 62.2 Å². The summed E-state index contributed by atoms with van der Waals surface area (Å²) in [4.78, 5) is 18.7. The van der Waals surface area contributed by atoms with E-state index in [0.29, 0.717) is 23.7 Å². The number of nitrogens with one attached hydrogen (secondary N) is 2. The topological polar surface area (TPSA) is 122 Å². The van der Waals surface area contributed by atoms with Crippen LogP contribution in [0.2, 0.25) is 0 Å². The van der Waals surface area contributed by atoms with Gasteiger partial charge in [0.1, 0.15) is 24.2 Å². The summed E-state index contributed by atoms with van der Waals surface area (Å²) in [7, 11) is 0. The van der Waals surface area contributed by atoms with Crippen molar-refractivity contribution < 1.29 is 19.4 Å². The highest BCUT2D eigenvalue weighted by Crippen LogP contribution is 2.33.